The minimum absolute atomic E-state index is 0.0471. The average molecular weight is 310 g/mol. The van der Waals surface area contributed by atoms with Gasteiger partial charge in [0, 0.05) is 19.1 Å². The number of likely N-dealkylation sites (N-methyl/N-ethyl adjacent to an activating group) is 1. The van der Waals surface area contributed by atoms with E-state index in [0.29, 0.717) is 6.54 Å². The number of nitrogens with zero attached hydrogens (tertiary/aromatic N) is 3. The zero-order chi connectivity index (χ0) is 13.3. The molecular weight excluding hydrogens is 294 g/mol. The minimum Gasteiger partial charge on any atom is -0.308 e. The number of hydrogen-bond acceptors (Lipinski definition) is 5. The predicted octanol–water partition coefficient (Wildman–Crippen LogP) is 1.51. The van der Waals surface area contributed by atoms with Gasteiger partial charge in [-0.05, 0) is 26.9 Å². The van der Waals surface area contributed by atoms with Gasteiger partial charge in [0.15, 0.2) is 8.68 Å². The Hall–Kier alpha value is -0.210. The van der Waals surface area contributed by atoms with Crippen molar-refractivity contribution >= 4 is 33.0 Å². The minimum atomic E-state index is -3.43. The number of rotatable bonds is 4. The Kier molecular flexibility index (Phi) is 4.28. The summed E-state index contributed by atoms with van der Waals surface area (Å²) in [7, 11) is 0.468. The van der Waals surface area contributed by atoms with Crippen molar-refractivity contribution in [1.82, 2.24) is 14.2 Å². The molecule has 0 aromatic carbocycles. The van der Waals surface area contributed by atoms with E-state index in [4.69, 9.17) is 11.6 Å². The molecule has 1 fully saturated rings. The van der Waals surface area contributed by atoms with Crippen LogP contribution in [0.5, 0.6) is 0 Å². The molecule has 0 bridgehead atoms. The van der Waals surface area contributed by atoms with Crippen LogP contribution in [0.1, 0.15) is 12.8 Å². The van der Waals surface area contributed by atoms with Gasteiger partial charge in [-0.1, -0.05) is 22.9 Å². The van der Waals surface area contributed by atoms with Crippen molar-refractivity contribution in [1.29, 1.82) is 0 Å². The van der Waals surface area contributed by atoms with E-state index in [1.165, 1.54) is 6.20 Å². The maximum Gasteiger partial charge on any atom is 0.254 e. The highest BCUT2D eigenvalue weighted by molar-refractivity contribution is 7.91. The number of aromatic nitrogens is 1. The Bertz CT molecular complexity index is 515. The molecule has 1 aliphatic rings. The quantitative estimate of drug-likeness (QED) is 0.846. The van der Waals surface area contributed by atoms with Crippen LogP contribution >= 0.6 is 22.9 Å². The SMILES string of the molecule is CN(C)CC1CCCN1S(=O)(=O)c1cnc(Cl)s1. The molecule has 0 N–H and O–H groups in total. The smallest absolute Gasteiger partial charge is 0.254 e. The summed E-state index contributed by atoms with van der Waals surface area (Å²) < 4.78 is 27.0. The van der Waals surface area contributed by atoms with Gasteiger partial charge in [-0.25, -0.2) is 13.4 Å². The number of thiazole rings is 1. The Morgan fingerprint density at radius 2 is 2.33 bits per heavy atom. The van der Waals surface area contributed by atoms with Crippen molar-refractivity contribution in [2.75, 3.05) is 27.2 Å². The molecule has 0 saturated carbocycles. The molecule has 18 heavy (non-hydrogen) atoms. The largest absolute Gasteiger partial charge is 0.308 e. The van der Waals surface area contributed by atoms with E-state index in [1.807, 2.05) is 19.0 Å². The second-order valence-corrected chi connectivity index (χ2v) is 8.34. The first-order valence-electron chi connectivity index (χ1n) is 5.69. The van der Waals surface area contributed by atoms with Crippen molar-refractivity contribution in [3.63, 3.8) is 0 Å². The van der Waals surface area contributed by atoms with Crippen LogP contribution in [0.4, 0.5) is 0 Å². The molecule has 1 aromatic rings. The molecule has 1 atom stereocenters. The first kappa shape index (κ1) is 14.2. The molecule has 2 heterocycles. The van der Waals surface area contributed by atoms with Gasteiger partial charge >= 0.3 is 0 Å². The van der Waals surface area contributed by atoms with Crippen LogP contribution in [0.15, 0.2) is 10.4 Å². The average Bonchev–Trinajstić information content (AvgIpc) is 2.86. The van der Waals surface area contributed by atoms with E-state index in [2.05, 4.69) is 4.98 Å². The van der Waals surface area contributed by atoms with E-state index >= 15 is 0 Å². The van der Waals surface area contributed by atoms with E-state index < -0.39 is 10.0 Å². The third-order valence-electron chi connectivity index (χ3n) is 2.92. The highest BCUT2D eigenvalue weighted by Crippen LogP contribution is 2.30. The fourth-order valence-corrected chi connectivity index (χ4v) is 5.31. The highest BCUT2D eigenvalue weighted by atomic mass is 35.5. The Balaban J connectivity index is 2.24. The normalized spacial score (nSPS) is 21.9. The van der Waals surface area contributed by atoms with Crippen molar-refractivity contribution in [2.45, 2.75) is 23.1 Å². The van der Waals surface area contributed by atoms with Crippen molar-refractivity contribution in [3.05, 3.63) is 10.7 Å². The van der Waals surface area contributed by atoms with Crippen molar-refractivity contribution in [3.8, 4) is 0 Å². The molecule has 0 amide bonds. The molecular formula is C10H16ClN3O2S2. The standard InChI is InChI=1S/C10H16ClN3O2S2/c1-13(2)7-8-4-3-5-14(8)18(15,16)9-6-12-10(11)17-9/h6,8H,3-5,7H2,1-2H3. The van der Waals surface area contributed by atoms with Gasteiger partial charge in [0.2, 0.25) is 0 Å². The van der Waals surface area contributed by atoms with Gasteiger partial charge in [0.1, 0.15) is 0 Å². The second-order valence-electron chi connectivity index (χ2n) is 4.61. The summed E-state index contributed by atoms with van der Waals surface area (Å²) in [5.41, 5.74) is 0. The van der Waals surface area contributed by atoms with Gasteiger partial charge in [-0.2, -0.15) is 4.31 Å². The number of sulfonamides is 1. The van der Waals surface area contributed by atoms with Gasteiger partial charge in [0.25, 0.3) is 10.0 Å². The molecule has 1 saturated heterocycles. The molecule has 0 aliphatic carbocycles. The summed E-state index contributed by atoms with van der Waals surface area (Å²) in [6.07, 6.45) is 3.15. The van der Waals surface area contributed by atoms with Crippen LogP contribution in [0.25, 0.3) is 0 Å². The van der Waals surface area contributed by atoms with E-state index in [1.54, 1.807) is 4.31 Å². The predicted molar refractivity (Wildman–Crippen MR) is 72.6 cm³/mol. The van der Waals surface area contributed by atoms with Crippen molar-refractivity contribution < 1.29 is 8.42 Å². The summed E-state index contributed by atoms with van der Waals surface area (Å²) >= 11 is 6.72. The fraction of sp³-hybridized carbons (Fsp3) is 0.700. The lowest BCUT2D eigenvalue weighted by Gasteiger charge is -2.25. The molecule has 1 aliphatic heterocycles. The highest BCUT2D eigenvalue weighted by Gasteiger charge is 2.36. The van der Waals surface area contributed by atoms with Gasteiger partial charge in [-0.3, -0.25) is 0 Å². The molecule has 0 radical (unpaired) electrons. The third-order valence-corrected chi connectivity index (χ3v) is 6.42. The van der Waals surface area contributed by atoms with Gasteiger partial charge < -0.3 is 4.90 Å². The topological polar surface area (TPSA) is 53.5 Å². The number of hydrogen-bond donors (Lipinski definition) is 0. The second kappa shape index (κ2) is 5.42. The fourth-order valence-electron chi connectivity index (χ4n) is 2.20. The van der Waals surface area contributed by atoms with Crippen LogP contribution in [-0.4, -0.2) is 55.8 Å². The zero-order valence-electron chi connectivity index (χ0n) is 10.3. The zero-order valence-corrected chi connectivity index (χ0v) is 12.7. The Morgan fingerprint density at radius 3 is 2.89 bits per heavy atom. The third kappa shape index (κ3) is 2.85. The Morgan fingerprint density at radius 1 is 1.61 bits per heavy atom. The summed E-state index contributed by atoms with van der Waals surface area (Å²) in [6, 6.07) is 0.0471. The Labute approximate surface area is 116 Å². The molecule has 5 nitrogen and oxygen atoms in total. The summed E-state index contributed by atoms with van der Waals surface area (Å²) in [5.74, 6) is 0. The van der Waals surface area contributed by atoms with Crippen LogP contribution < -0.4 is 0 Å². The lowest BCUT2D eigenvalue weighted by molar-refractivity contribution is 0.291. The summed E-state index contributed by atoms with van der Waals surface area (Å²) in [5, 5.41) is 0. The van der Waals surface area contributed by atoms with E-state index in [-0.39, 0.29) is 14.7 Å². The van der Waals surface area contributed by atoms with Crippen LogP contribution in [0, 0.1) is 0 Å². The van der Waals surface area contributed by atoms with Crippen LogP contribution in [0.2, 0.25) is 4.47 Å². The molecule has 0 spiro atoms. The van der Waals surface area contributed by atoms with Crippen LogP contribution in [0.3, 0.4) is 0 Å². The lowest BCUT2D eigenvalue weighted by Crippen LogP contribution is -2.40. The van der Waals surface area contributed by atoms with Crippen molar-refractivity contribution in [2.24, 2.45) is 0 Å². The monoisotopic (exact) mass is 309 g/mol. The first-order chi connectivity index (χ1) is 8.41. The first-order valence-corrected chi connectivity index (χ1v) is 8.32. The molecule has 8 heteroatoms. The van der Waals surface area contributed by atoms with E-state index in [0.717, 1.165) is 30.7 Å². The molecule has 1 aromatic heterocycles. The maximum absolute atomic E-state index is 12.5. The van der Waals surface area contributed by atoms with Gasteiger partial charge in [-0.15, -0.1) is 0 Å². The molecule has 1 unspecified atom stereocenters. The number of halogens is 1. The summed E-state index contributed by atoms with van der Waals surface area (Å²) in [4.78, 5) is 5.82. The molecule has 2 rings (SSSR count). The maximum atomic E-state index is 12.5. The van der Waals surface area contributed by atoms with Gasteiger partial charge in [0.05, 0.1) is 6.20 Å². The summed E-state index contributed by atoms with van der Waals surface area (Å²) in [6.45, 7) is 1.32. The van der Waals surface area contributed by atoms with E-state index in [9.17, 15) is 8.42 Å². The van der Waals surface area contributed by atoms with Crippen LogP contribution in [-0.2, 0) is 10.0 Å². The molecule has 102 valence electrons. The lowest BCUT2D eigenvalue weighted by atomic mass is 10.2.